The van der Waals surface area contributed by atoms with Crippen LogP contribution in [-0.2, 0) is 14.3 Å². The van der Waals surface area contributed by atoms with E-state index in [9.17, 15) is 4.79 Å². The number of rotatable bonds is 6. The van der Waals surface area contributed by atoms with Crippen LogP contribution in [0.1, 0.15) is 33.6 Å². The summed E-state index contributed by atoms with van der Waals surface area (Å²) in [5.41, 5.74) is 0.855. The van der Waals surface area contributed by atoms with E-state index < -0.39 is 0 Å². The molecule has 0 amide bonds. The molecule has 1 rings (SSSR count). The van der Waals surface area contributed by atoms with Crippen molar-refractivity contribution in [2.45, 2.75) is 45.3 Å². The summed E-state index contributed by atoms with van der Waals surface area (Å²) in [5.74, 6) is -0.262. The molecule has 1 heterocycles. The number of allylic oxidation sites excluding steroid dienone is 1. The predicted molar refractivity (Wildman–Crippen MR) is 60.0 cm³/mol. The van der Waals surface area contributed by atoms with Gasteiger partial charge in [0.25, 0.3) is 0 Å². The average molecular weight is 228 g/mol. The lowest BCUT2D eigenvalue weighted by atomic mass is 10.0. The summed E-state index contributed by atoms with van der Waals surface area (Å²) >= 11 is 0. The van der Waals surface area contributed by atoms with Crippen LogP contribution in [0.5, 0.6) is 0 Å². The standard InChI is InChI=1S/C12H20O4/c1-9(6-7-15-10(2)14)4-5-11-12(3,8-13)16-11/h6,11,13H,4-5,7-8H2,1-3H3/b9-6+/t11-,12-/m0/s1. The second-order valence-electron chi connectivity index (χ2n) is 4.47. The molecule has 0 aliphatic carbocycles. The number of carbonyl (C=O) groups is 1. The number of ether oxygens (including phenoxy) is 2. The number of esters is 1. The molecule has 0 radical (unpaired) electrons. The summed E-state index contributed by atoms with van der Waals surface area (Å²) in [5, 5.41) is 9.01. The van der Waals surface area contributed by atoms with E-state index >= 15 is 0 Å². The van der Waals surface area contributed by atoms with Crippen LogP contribution in [0.3, 0.4) is 0 Å². The third-order valence-electron chi connectivity index (χ3n) is 2.87. The molecule has 0 spiro atoms. The normalized spacial score (nSPS) is 29.0. The Morgan fingerprint density at radius 2 is 2.25 bits per heavy atom. The molecule has 0 unspecified atom stereocenters. The molecule has 16 heavy (non-hydrogen) atoms. The molecule has 1 fully saturated rings. The second-order valence-corrected chi connectivity index (χ2v) is 4.47. The third-order valence-corrected chi connectivity index (χ3v) is 2.87. The Labute approximate surface area is 96.2 Å². The number of carbonyl (C=O) groups excluding carboxylic acids is 1. The van der Waals surface area contributed by atoms with Crippen LogP contribution in [0, 0.1) is 0 Å². The fourth-order valence-corrected chi connectivity index (χ4v) is 1.56. The lowest BCUT2D eigenvalue weighted by molar-refractivity contribution is -0.139. The smallest absolute Gasteiger partial charge is 0.302 e. The highest BCUT2D eigenvalue weighted by Crippen LogP contribution is 2.39. The topological polar surface area (TPSA) is 59.1 Å². The zero-order valence-electron chi connectivity index (χ0n) is 10.2. The lowest BCUT2D eigenvalue weighted by Crippen LogP contribution is -2.15. The van der Waals surface area contributed by atoms with Crippen molar-refractivity contribution in [2.75, 3.05) is 13.2 Å². The highest BCUT2D eigenvalue weighted by atomic mass is 16.6. The van der Waals surface area contributed by atoms with Gasteiger partial charge < -0.3 is 14.6 Å². The number of hydrogen-bond donors (Lipinski definition) is 1. The van der Waals surface area contributed by atoms with Crippen molar-refractivity contribution in [3.8, 4) is 0 Å². The van der Waals surface area contributed by atoms with Gasteiger partial charge in [0.2, 0.25) is 0 Å². The van der Waals surface area contributed by atoms with Crippen molar-refractivity contribution < 1.29 is 19.4 Å². The van der Waals surface area contributed by atoms with Gasteiger partial charge in [-0.2, -0.15) is 0 Å². The Hall–Kier alpha value is -0.870. The Kier molecular flexibility index (Phi) is 4.50. The Morgan fingerprint density at radius 3 is 2.75 bits per heavy atom. The zero-order chi connectivity index (χ0) is 12.2. The van der Waals surface area contributed by atoms with Crippen LogP contribution in [0.25, 0.3) is 0 Å². The summed E-state index contributed by atoms with van der Waals surface area (Å²) < 4.78 is 10.2. The summed E-state index contributed by atoms with van der Waals surface area (Å²) in [4.78, 5) is 10.5. The van der Waals surface area contributed by atoms with Crippen LogP contribution in [0.2, 0.25) is 0 Å². The first-order chi connectivity index (χ1) is 7.48. The van der Waals surface area contributed by atoms with Gasteiger partial charge in [-0.25, -0.2) is 0 Å². The molecule has 4 nitrogen and oxygen atoms in total. The molecule has 0 aromatic rings. The van der Waals surface area contributed by atoms with Gasteiger partial charge in [-0.3, -0.25) is 4.79 Å². The minimum Gasteiger partial charge on any atom is -0.462 e. The van der Waals surface area contributed by atoms with Gasteiger partial charge in [-0.15, -0.1) is 0 Å². The van der Waals surface area contributed by atoms with Gasteiger partial charge in [0.05, 0.1) is 12.7 Å². The van der Waals surface area contributed by atoms with Crippen molar-refractivity contribution in [3.05, 3.63) is 11.6 Å². The van der Waals surface area contributed by atoms with Crippen LogP contribution in [-0.4, -0.2) is 36.0 Å². The molecular formula is C12H20O4. The molecule has 1 N–H and O–H groups in total. The van der Waals surface area contributed by atoms with E-state index in [4.69, 9.17) is 14.6 Å². The van der Waals surface area contributed by atoms with E-state index in [2.05, 4.69) is 0 Å². The van der Waals surface area contributed by atoms with Gasteiger partial charge >= 0.3 is 5.97 Å². The number of hydrogen-bond acceptors (Lipinski definition) is 4. The van der Waals surface area contributed by atoms with Gasteiger partial charge in [0, 0.05) is 6.92 Å². The Morgan fingerprint density at radius 1 is 1.56 bits per heavy atom. The highest BCUT2D eigenvalue weighted by Gasteiger charge is 2.50. The van der Waals surface area contributed by atoms with Crippen molar-refractivity contribution in [1.82, 2.24) is 0 Å². The maximum absolute atomic E-state index is 10.5. The monoisotopic (exact) mass is 228 g/mol. The van der Waals surface area contributed by atoms with E-state index in [1.807, 2.05) is 19.9 Å². The molecule has 0 bridgehead atoms. The first-order valence-corrected chi connectivity index (χ1v) is 5.55. The molecule has 1 saturated heterocycles. The summed E-state index contributed by atoms with van der Waals surface area (Å²) in [6.45, 7) is 5.73. The Bertz CT molecular complexity index is 285. The molecule has 92 valence electrons. The number of aliphatic hydroxyl groups is 1. The van der Waals surface area contributed by atoms with Crippen LogP contribution in [0.4, 0.5) is 0 Å². The zero-order valence-corrected chi connectivity index (χ0v) is 10.2. The predicted octanol–water partition coefficient (Wildman–Crippen LogP) is 1.43. The fraction of sp³-hybridized carbons (Fsp3) is 0.750. The van der Waals surface area contributed by atoms with E-state index in [1.54, 1.807) is 0 Å². The van der Waals surface area contributed by atoms with Crippen molar-refractivity contribution in [2.24, 2.45) is 0 Å². The number of aliphatic hydroxyl groups excluding tert-OH is 1. The largest absolute Gasteiger partial charge is 0.462 e. The van der Waals surface area contributed by atoms with E-state index in [0.717, 1.165) is 12.8 Å². The molecule has 0 saturated carbocycles. The van der Waals surface area contributed by atoms with Crippen molar-refractivity contribution >= 4 is 5.97 Å². The first-order valence-electron chi connectivity index (χ1n) is 5.55. The van der Waals surface area contributed by atoms with E-state index in [1.165, 1.54) is 12.5 Å². The summed E-state index contributed by atoms with van der Waals surface area (Å²) in [6, 6.07) is 0. The molecular weight excluding hydrogens is 208 g/mol. The summed E-state index contributed by atoms with van der Waals surface area (Å²) in [6.07, 6.45) is 3.87. The maximum atomic E-state index is 10.5. The van der Waals surface area contributed by atoms with Gasteiger partial charge in [0.15, 0.2) is 0 Å². The molecule has 4 heteroatoms. The van der Waals surface area contributed by atoms with Crippen LogP contribution >= 0.6 is 0 Å². The molecule has 2 atom stereocenters. The van der Waals surface area contributed by atoms with E-state index in [0.29, 0.717) is 6.61 Å². The maximum Gasteiger partial charge on any atom is 0.302 e. The van der Waals surface area contributed by atoms with Crippen LogP contribution < -0.4 is 0 Å². The van der Waals surface area contributed by atoms with E-state index in [-0.39, 0.29) is 24.3 Å². The van der Waals surface area contributed by atoms with Gasteiger partial charge in [-0.1, -0.05) is 5.57 Å². The molecule has 1 aliphatic rings. The summed E-state index contributed by atoms with van der Waals surface area (Å²) in [7, 11) is 0. The SMILES string of the molecule is CC(=O)OC/C=C(\C)CC[C@@H]1O[C@@]1(C)CO. The number of epoxide rings is 1. The third kappa shape index (κ3) is 3.94. The average Bonchev–Trinajstić information content (AvgIpc) is 2.87. The van der Waals surface area contributed by atoms with Gasteiger partial charge in [-0.05, 0) is 32.8 Å². The minimum atomic E-state index is -0.323. The molecule has 0 aromatic carbocycles. The van der Waals surface area contributed by atoms with Gasteiger partial charge in [0.1, 0.15) is 12.2 Å². The lowest BCUT2D eigenvalue weighted by Gasteiger charge is -2.02. The van der Waals surface area contributed by atoms with Crippen LogP contribution in [0.15, 0.2) is 11.6 Å². The first kappa shape index (κ1) is 13.2. The fourth-order valence-electron chi connectivity index (χ4n) is 1.56. The highest BCUT2D eigenvalue weighted by molar-refractivity contribution is 5.66. The van der Waals surface area contributed by atoms with Crippen molar-refractivity contribution in [3.63, 3.8) is 0 Å². The molecule has 1 aliphatic heterocycles. The second kappa shape index (κ2) is 5.46. The quantitative estimate of drug-likeness (QED) is 0.424. The van der Waals surface area contributed by atoms with Crippen molar-refractivity contribution in [1.29, 1.82) is 0 Å². The molecule has 0 aromatic heterocycles. The minimum absolute atomic E-state index is 0.0773. The Balaban J connectivity index is 2.16.